The van der Waals surface area contributed by atoms with Gasteiger partial charge >= 0.3 is 0 Å². The minimum Gasteiger partial charge on any atom is -0.394 e. The lowest BCUT2D eigenvalue weighted by Crippen LogP contribution is -2.41. The summed E-state index contributed by atoms with van der Waals surface area (Å²) in [4.78, 5) is 4.69. The number of aryl methyl sites for hydroxylation is 2. The third-order valence-corrected chi connectivity index (χ3v) is 3.47. The van der Waals surface area contributed by atoms with Gasteiger partial charge in [-0.1, -0.05) is 19.1 Å². The number of para-hydroxylation sites is 2. The summed E-state index contributed by atoms with van der Waals surface area (Å²) in [6.45, 7) is 4.84. The topological polar surface area (TPSA) is 64.1 Å². The third kappa shape index (κ3) is 3.14. The van der Waals surface area contributed by atoms with Crippen molar-refractivity contribution >= 4 is 11.0 Å². The van der Waals surface area contributed by atoms with Crippen molar-refractivity contribution in [2.24, 2.45) is 5.73 Å². The standard InChI is InChI=1S/C15H23N3O/c1-3-6-14-17-12-7-4-5-8-13(12)18(14)10-9-15(2,16)11-19/h4-5,7-8,19H,3,6,9-11,16H2,1-2H3. The molecule has 0 spiro atoms. The van der Waals surface area contributed by atoms with Crippen LogP contribution in [0.2, 0.25) is 0 Å². The number of nitrogens with zero attached hydrogens (tertiary/aromatic N) is 2. The van der Waals surface area contributed by atoms with Gasteiger partial charge in [0.2, 0.25) is 0 Å². The van der Waals surface area contributed by atoms with E-state index in [1.807, 2.05) is 25.1 Å². The van der Waals surface area contributed by atoms with Gasteiger partial charge in [0.15, 0.2) is 0 Å². The monoisotopic (exact) mass is 261 g/mol. The van der Waals surface area contributed by atoms with Crippen LogP contribution in [-0.2, 0) is 13.0 Å². The third-order valence-electron chi connectivity index (χ3n) is 3.47. The number of hydrogen-bond acceptors (Lipinski definition) is 3. The van der Waals surface area contributed by atoms with Crippen LogP contribution in [0.25, 0.3) is 11.0 Å². The van der Waals surface area contributed by atoms with Crippen LogP contribution in [0, 0.1) is 0 Å². The molecule has 0 radical (unpaired) electrons. The molecule has 104 valence electrons. The van der Waals surface area contributed by atoms with E-state index < -0.39 is 5.54 Å². The molecule has 1 unspecified atom stereocenters. The van der Waals surface area contributed by atoms with E-state index >= 15 is 0 Å². The summed E-state index contributed by atoms with van der Waals surface area (Å²) in [6.07, 6.45) is 2.78. The molecule has 2 aromatic rings. The van der Waals surface area contributed by atoms with Gasteiger partial charge in [-0.2, -0.15) is 0 Å². The van der Waals surface area contributed by atoms with Crippen molar-refractivity contribution in [1.29, 1.82) is 0 Å². The fourth-order valence-corrected chi connectivity index (χ4v) is 2.24. The van der Waals surface area contributed by atoms with Gasteiger partial charge in [0.05, 0.1) is 17.6 Å². The fourth-order valence-electron chi connectivity index (χ4n) is 2.24. The number of fused-ring (bicyclic) bond motifs is 1. The number of hydrogen-bond donors (Lipinski definition) is 2. The highest BCUT2D eigenvalue weighted by Crippen LogP contribution is 2.19. The Morgan fingerprint density at radius 3 is 2.79 bits per heavy atom. The number of benzene rings is 1. The van der Waals surface area contributed by atoms with Crippen molar-refractivity contribution in [3.05, 3.63) is 30.1 Å². The lowest BCUT2D eigenvalue weighted by Gasteiger charge is -2.22. The molecule has 4 heteroatoms. The Hall–Kier alpha value is -1.39. The van der Waals surface area contributed by atoms with E-state index in [0.717, 1.165) is 42.7 Å². The van der Waals surface area contributed by atoms with Crippen molar-refractivity contribution in [1.82, 2.24) is 9.55 Å². The first-order valence-corrected chi connectivity index (χ1v) is 6.91. The van der Waals surface area contributed by atoms with Crippen LogP contribution in [0.3, 0.4) is 0 Å². The van der Waals surface area contributed by atoms with Gasteiger partial charge in [-0.25, -0.2) is 4.98 Å². The highest BCUT2D eigenvalue weighted by Gasteiger charge is 2.18. The van der Waals surface area contributed by atoms with Crippen LogP contribution < -0.4 is 5.73 Å². The van der Waals surface area contributed by atoms with Crippen LogP contribution in [0.1, 0.15) is 32.5 Å². The maximum absolute atomic E-state index is 9.26. The molecule has 1 aromatic carbocycles. The molecule has 0 bridgehead atoms. The number of aliphatic hydroxyl groups excluding tert-OH is 1. The molecule has 0 saturated heterocycles. The van der Waals surface area contributed by atoms with E-state index in [4.69, 9.17) is 5.73 Å². The number of nitrogens with two attached hydrogens (primary N) is 1. The molecule has 0 amide bonds. The summed E-state index contributed by atoms with van der Waals surface area (Å²) in [5, 5.41) is 9.26. The predicted octanol–water partition coefficient (Wildman–Crippen LogP) is 2.09. The maximum Gasteiger partial charge on any atom is 0.109 e. The smallest absolute Gasteiger partial charge is 0.109 e. The van der Waals surface area contributed by atoms with Crippen molar-refractivity contribution in [3.8, 4) is 0 Å². The first kappa shape index (κ1) is 14.0. The molecule has 0 saturated carbocycles. The summed E-state index contributed by atoms with van der Waals surface area (Å²) in [5.41, 5.74) is 7.67. The zero-order valence-corrected chi connectivity index (χ0v) is 11.8. The summed E-state index contributed by atoms with van der Waals surface area (Å²) in [6, 6.07) is 8.17. The summed E-state index contributed by atoms with van der Waals surface area (Å²) in [7, 11) is 0. The average Bonchev–Trinajstić information content (AvgIpc) is 2.74. The fraction of sp³-hybridized carbons (Fsp3) is 0.533. The molecule has 1 aromatic heterocycles. The predicted molar refractivity (Wildman–Crippen MR) is 78.0 cm³/mol. The average molecular weight is 261 g/mol. The zero-order valence-electron chi connectivity index (χ0n) is 11.8. The molecule has 1 heterocycles. The SMILES string of the molecule is CCCc1nc2ccccc2n1CCC(C)(N)CO. The Morgan fingerprint density at radius 1 is 1.37 bits per heavy atom. The van der Waals surface area contributed by atoms with E-state index in [9.17, 15) is 5.11 Å². The molecule has 0 aliphatic rings. The second-order valence-corrected chi connectivity index (χ2v) is 5.48. The van der Waals surface area contributed by atoms with Gasteiger partial charge in [-0.05, 0) is 31.9 Å². The van der Waals surface area contributed by atoms with E-state index in [1.165, 1.54) is 0 Å². The van der Waals surface area contributed by atoms with Crippen LogP contribution in [0.4, 0.5) is 0 Å². The van der Waals surface area contributed by atoms with Gasteiger partial charge in [0, 0.05) is 18.5 Å². The minimum atomic E-state index is -0.533. The van der Waals surface area contributed by atoms with E-state index in [2.05, 4.69) is 22.5 Å². The van der Waals surface area contributed by atoms with Crippen LogP contribution in [0.15, 0.2) is 24.3 Å². The van der Waals surface area contributed by atoms with E-state index in [-0.39, 0.29) is 6.61 Å². The number of rotatable bonds is 6. The Morgan fingerprint density at radius 2 is 2.11 bits per heavy atom. The van der Waals surface area contributed by atoms with Gasteiger partial charge in [0.1, 0.15) is 5.82 Å². The summed E-state index contributed by atoms with van der Waals surface area (Å²) < 4.78 is 2.24. The number of aromatic nitrogens is 2. The molecule has 0 aliphatic carbocycles. The van der Waals surface area contributed by atoms with E-state index in [1.54, 1.807) is 0 Å². The van der Waals surface area contributed by atoms with Crippen LogP contribution in [-0.4, -0.2) is 26.8 Å². The Bertz CT molecular complexity index is 545. The lowest BCUT2D eigenvalue weighted by molar-refractivity contribution is 0.195. The Balaban J connectivity index is 2.31. The summed E-state index contributed by atoms with van der Waals surface area (Å²) in [5.74, 6) is 1.11. The minimum absolute atomic E-state index is 0.00272. The molecular weight excluding hydrogens is 238 g/mol. The molecule has 19 heavy (non-hydrogen) atoms. The quantitative estimate of drug-likeness (QED) is 0.837. The number of imidazole rings is 1. The van der Waals surface area contributed by atoms with Gasteiger partial charge in [0.25, 0.3) is 0 Å². The zero-order chi connectivity index (χ0) is 13.9. The molecule has 0 fully saturated rings. The summed E-state index contributed by atoms with van der Waals surface area (Å²) >= 11 is 0. The first-order chi connectivity index (χ1) is 9.07. The van der Waals surface area contributed by atoms with Gasteiger partial charge in [-0.3, -0.25) is 0 Å². The van der Waals surface area contributed by atoms with Crippen molar-refractivity contribution in [2.45, 2.75) is 45.2 Å². The number of aliphatic hydroxyl groups is 1. The highest BCUT2D eigenvalue weighted by molar-refractivity contribution is 5.75. The van der Waals surface area contributed by atoms with Crippen LogP contribution in [0.5, 0.6) is 0 Å². The molecular formula is C15H23N3O. The molecule has 3 N–H and O–H groups in total. The van der Waals surface area contributed by atoms with Gasteiger partial charge < -0.3 is 15.4 Å². The van der Waals surface area contributed by atoms with Crippen molar-refractivity contribution in [3.63, 3.8) is 0 Å². The molecule has 4 nitrogen and oxygen atoms in total. The second-order valence-electron chi connectivity index (χ2n) is 5.48. The van der Waals surface area contributed by atoms with E-state index in [0.29, 0.717) is 0 Å². The first-order valence-electron chi connectivity index (χ1n) is 6.91. The molecule has 2 rings (SSSR count). The lowest BCUT2D eigenvalue weighted by atomic mass is 10.0. The Labute approximate surface area is 114 Å². The van der Waals surface area contributed by atoms with Crippen molar-refractivity contribution < 1.29 is 5.11 Å². The normalized spacial score (nSPS) is 14.7. The molecule has 1 atom stereocenters. The van der Waals surface area contributed by atoms with Crippen LogP contribution >= 0.6 is 0 Å². The second kappa shape index (κ2) is 5.72. The Kier molecular flexibility index (Phi) is 4.22. The largest absolute Gasteiger partial charge is 0.394 e. The maximum atomic E-state index is 9.26. The van der Waals surface area contributed by atoms with Gasteiger partial charge in [-0.15, -0.1) is 0 Å². The van der Waals surface area contributed by atoms with Crippen molar-refractivity contribution in [2.75, 3.05) is 6.61 Å². The molecule has 0 aliphatic heterocycles. The highest BCUT2D eigenvalue weighted by atomic mass is 16.3.